The van der Waals surface area contributed by atoms with Crippen LogP contribution >= 0.6 is 0 Å². The molecule has 2 N–H and O–H groups in total. The van der Waals surface area contributed by atoms with Crippen LogP contribution < -0.4 is 5.73 Å². The van der Waals surface area contributed by atoms with Gasteiger partial charge in [0.15, 0.2) is 5.78 Å². The Hall–Kier alpha value is -2.36. The number of carbonyl (C=O) groups excluding carboxylic acids is 1. The van der Waals surface area contributed by atoms with Gasteiger partial charge in [-0.05, 0) is 18.2 Å². The molecular formula is C13H14N2O2. The van der Waals surface area contributed by atoms with Gasteiger partial charge in [-0.3, -0.25) is 4.79 Å². The molecule has 0 bridgehead atoms. The summed E-state index contributed by atoms with van der Waals surface area (Å²) in [6.07, 6.45) is 4.46. The normalized spacial score (nSPS) is 10.8. The zero-order valence-electron chi connectivity index (χ0n) is 9.64. The molecule has 1 aromatic heterocycles. The topological polar surface area (TPSA) is 65.2 Å². The summed E-state index contributed by atoms with van der Waals surface area (Å²) in [5.74, 6) is 0.414. The van der Waals surface area contributed by atoms with Gasteiger partial charge in [0, 0.05) is 11.8 Å². The van der Waals surface area contributed by atoms with Gasteiger partial charge < -0.3 is 10.5 Å². The summed E-state index contributed by atoms with van der Waals surface area (Å²) < 4.78 is 4.95. The van der Waals surface area contributed by atoms with Crippen molar-refractivity contribution in [1.29, 1.82) is 0 Å². The quantitative estimate of drug-likeness (QED) is 0.364. The van der Waals surface area contributed by atoms with E-state index in [1.54, 1.807) is 18.2 Å². The Bertz CT molecular complexity index is 473. The van der Waals surface area contributed by atoms with E-state index >= 15 is 0 Å². The molecule has 4 nitrogen and oxygen atoms in total. The highest BCUT2D eigenvalue weighted by Gasteiger charge is 2.15. The first-order chi connectivity index (χ1) is 8.10. The van der Waals surface area contributed by atoms with E-state index in [2.05, 4.69) is 18.1 Å². The number of allylic oxidation sites excluding steroid dienone is 3. The average molecular weight is 230 g/mol. The third-order valence-corrected chi connectivity index (χ3v) is 2.12. The van der Waals surface area contributed by atoms with E-state index in [-0.39, 0.29) is 11.5 Å². The molecule has 0 aromatic carbocycles. The predicted octanol–water partition coefficient (Wildman–Crippen LogP) is 2.12. The molecule has 0 aliphatic rings. The van der Waals surface area contributed by atoms with Gasteiger partial charge in [-0.2, -0.15) is 0 Å². The highest BCUT2D eigenvalue weighted by Crippen LogP contribution is 2.16. The summed E-state index contributed by atoms with van der Waals surface area (Å²) in [6.45, 7) is 7.20. The average Bonchev–Trinajstić information content (AvgIpc) is 2.35. The van der Waals surface area contributed by atoms with Crippen LogP contribution in [0, 0.1) is 0 Å². The third-order valence-electron chi connectivity index (χ3n) is 2.12. The van der Waals surface area contributed by atoms with Gasteiger partial charge in [0.1, 0.15) is 11.6 Å². The molecule has 0 saturated carbocycles. The van der Waals surface area contributed by atoms with Crippen molar-refractivity contribution in [2.24, 2.45) is 0 Å². The Morgan fingerprint density at radius 2 is 2.24 bits per heavy atom. The maximum atomic E-state index is 12.1. The Balaban J connectivity index is 3.09. The smallest absolute Gasteiger partial charge is 0.198 e. The molecule has 0 fully saturated rings. The Morgan fingerprint density at radius 1 is 1.53 bits per heavy atom. The van der Waals surface area contributed by atoms with E-state index in [1.165, 1.54) is 19.4 Å². The minimum atomic E-state index is -0.232. The summed E-state index contributed by atoms with van der Waals surface area (Å²) >= 11 is 0. The van der Waals surface area contributed by atoms with Crippen molar-refractivity contribution < 1.29 is 9.53 Å². The van der Waals surface area contributed by atoms with Gasteiger partial charge in [0.25, 0.3) is 0 Å². The molecule has 17 heavy (non-hydrogen) atoms. The van der Waals surface area contributed by atoms with Crippen LogP contribution in [0.1, 0.15) is 10.4 Å². The van der Waals surface area contributed by atoms with Gasteiger partial charge >= 0.3 is 0 Å². The minimum Gasteiger partial charge on any atom is -0.497 e. The lowest BCUT2D eigenvalue weighted by atomic mass is 10.0. The van der Waals surface area contributed by atoms with E-state index in [4.69, 9.17) is 10.5 Å². The van der Waals surface area contributed by atoms with Crippen molar-refractivity contribution in [2.45, 2.75) is 0 Å². The largest absolute Gasteiger partial charge is 0.497 e. The molecule has 0 spiro atoms. The molecule has 0 aliphatic carbocycles. The fourth-order valence-corrected chi connectivity index (χ4v) is 1.22. The number of carbonyl (C=O) groups is 1. The molecule has 0 saturated heterocycles. The van der Waals surface area contributed by atoms with Crippen LogP contribution in [-0.4, -0.2) is 17.9 Å². The van der Waals surface area contributed by atoms with Crippen molar-refractivity contribution in [3.63, 3.8) is 0 Å². The molecule has 0 aliphatic heterocycles. The molecule has 0 amide bonds. The Labute approximate surface area is 100 Å². The maximum absolute atomic E-state index is 12.1. The summed E-state index contributed by atoms with van der Waals surface area (Å²) in [5.41, 5.74) is 6.22. The molecule has 1 rings (SSSR count). The second-order valence-electron chi connectivity index (χ2n) is 3.24. The minimum absolute atomic E-state index is 0.232. The predicted molar refractivity (Wildman–Crippen MR) is 67.4 cm³/mol. The number of ether oxygens (including phenoxy) is 1. The standard InChI is InChI=1S/C13H14N2O2/c1-4-5-11(9(2)17-3)13(16)10-6-7-12(14)15-8-10/h4-8H,1-2H2,3H3,(H2,14,15)/b11-5+. The van der Waals surface area contributed by atoms with E-state index in [9.17, 15) is 4.79 Å². The molecule has 0 radical (unpaired) electrons. The Morgan fingerprint density at radius 3 is 2.71 bits per heavy atom. The van der Waals surface area contributed by atoms with Crippen LogP contribution in [0.3, 0.4) is 0 Å². The summed E-state index contributed by atoms with van der Waals surface area (Å²) in [7, 11) is 1.45. The summed E-state index contributed by atoms with van der Waals surface area (Å²) in [4.78, 5) is 16.0. The molecular weight excluding hydrogens is 216 g/mol. The van der Waals surface area contributed by atoms with Crippen molar-refractivity contribution >= 4 is 11.6 Å². The molecule has 4 heteroatoms. The number of hydrogen-bond acceptors (Lipinski definition) is 4. The number of hydrogen-bond donors (Lipinski definition) is 1. The van der Waals surface area contributed by atoms with Crippen LogP contribution in [-0.2, 0) is 4.74 Å². The second-order valence-corrected chi connectivity index (χ2v) is 3.24. The number of anilines is 1. The molecule has 1 aromatic rings. The number of ketones is 1. The van der Waals surface area contributed by atoms with Crippen molar-refractivity contribution in [1.82, 2.24) is 4.98 Å². The third kappa shape index (κ3) is 3.04. The Kier molecular flexibility index (Phi) is 4.22. The first-order valence-electron chi connectivity index (χ1n) is 4.92. The number of nitrogen functional groups attached to an aromatic ring is 1. The first kappa shape index (κ1) is 12.7. The maximum Gasteiger partial charge on any atom is 0.198 e. The number of pyridine rings is 1. The van der Waals surface area contributed by atoms with Gasteiger partial charge in [0.2, 0.25) is 0 Å². The SMILES string of the molecule is C=C/C=C(\C(=C)OC)C(=O)c1ccc(N)nc1. The zero-order valence-corrected chi connectivity index (χ0v) is 9.64. The highest BCUT2D eigenvalue weighted by atomic mass is 16.5. The lowest BCUT2D eigenvalue weighted by Gasteiger charge is -2.08. The van der Waals surface area contributed by atoms with Crippen molar-refractivity contribution in [2.75, 3.05) is 12.8 Å². The summed E-state index contributed by atoms with van der Waals surface area (Å²) in [5, 5.41) is 0. The van der Waals surface area contributed by atoms with Gasteiger partial charge in [-0.1, -0.05) is 19.2 Å². The van der Waals surface area contributed by atoms with Gasteiger partial charge in [-0.25, -0.2) is 4.98 Å². The number of nitrogens with zero attached hydrogens (tertiary/aromatic N) is 1. The van der Waals surface area contributed by atoms with Crippen LogP contribution in [0.2, 0.25) is 0 Å². The van der Waals surface area contributed by atoms with Crippen LogP contribution in [0.15, 0.2) is 55.0 Å². The highest BCUT2D eigenvalue weighted by molar-refractivity contribution is 6.11. The van der Waals surface area contributed by atoms with Crippen LogP contribution in [0.4, 0.5) is 5.82 Å². The zero-order chi connectivity index (χ0) is 12.8. The number of rotatable bonds is 5. The molecule has 0 atom stereocenters. The van der Waals surface area contributed by atoms with Crippen LogP contribution in [0.25, 0.3) is 0 Å². The summed E-state index contributed by atoms with van der Waals surface area (Å²) in [6, 6.07) is 3.17. The van der Waals surface area contributed by atoms with E-state index < -0.39 is 0 Å². The number of Topliss-reactive ketones (excluding diaryl/α,β-unsaturated/α-hetero) is 1. The van der Waals surface area contributed by atoms with E-state index in [1.807, 2.05) is 0 Å². The fourth-order valence-electron chi connectivity index (χ4n) is 1.22. The van der Waals surface area contributed by atoms with E-state index in [0.717, 1.165) is 0 Å². The first-order valence-corrected chi connectivity index (χ1v) is 4.92. The van der Waals surface area contributed by atoms with Crippen LogP contribution in [0.5, 0.6) is 0 Å². The lowest BCUT2D eigenvalue weighted by molar-refractivity contribution is 0.102. The van der Waals surface area contributed by atoms with Crippen molar-refractivity contribution in [3.8, 4) is 0 Å². The van der Waals surface area contributed by atoms with Crippen molar-refractivity contribution in [3.05, 3.63) is 60.5 Å². The number of nitrogens with two attached hydrogens (primary N) is 1. The fraction of sp³-hybridized carbons (Fsp3) is 0.0769. The molecule has 88 valence electrons. The molecule has 1 heterocycles. The van der Waals surface area contributed by atoms with Gasteiger partial charge in [-0.15, -0.1) is 0 Å². The molecule has 0 unspecified atom stereocenters. The second kappa shape index (κ2) is 5.65. The van der Waals surface area contributed by atoms with Gasteiger partial charge in [0.05, 0.1) is 12.7 Å². The number of aromatic nitrogens is 1. The monoisotopic (exact) mass is 230 g/mol. The lowest BCUT2D eigenvalue weighted by Crippen LogP contribution is -2.07. The van der Waals surface area contributed by atoms with E-state index in [0.29, 0.717) is 17.0 Å². The number of methoxy groups -OCH3 is 1.